The number of rotatable bonds is 4. The number of carbonyl (C=O) groups excluding carboxylic acids is 1. The van der Waals surface area contributed by atoms with Gasteiger partial charge in [-0.05, 0) is 67.1 Å². The summed E-state index contributed by atoms with van der Waals surface area (Å²) in [4.78, 5) is 13.0. The van der Waals surface area contributed by atoms with Crippen molar-refractivity contribution < 1.29 is 14.3 Å². The number of thioether (sulfide) groups is 1. The normalized spacial score (nSPS) is 11.1. The van der Waals surface area contributed by atoms with Crippen LogP contribution in [0.5, 0.6) is 5.75 Å². The maximum absolute atomic E-state index is 12.2. The van der Waals surface area contributed by atoms with Crippen molar-refractivity contribution in [2.75, 3.05) is 0 Å². The average molecular weight is 352 g/mol. The summed E-state index contributed by atoms with van der Waals surface area (Å²) in [5.41, 5.74) is 2.06. The molecule has 0 aliphatic carbocycles. The van der Waals surface area contributed by atoms with Crippen LogP contribution < -0.4 is 0 Å². The van der Waals surface area contributed by atoms with Gasteiger partial charge in [0.15, 0.2) is 5.76 Å². The molecule has 1 aromatic heterocycles. The molecule has 25 heavy (non-hydrogen) atoms. The molecule has 0 fully saturated rings. The van der Waals surface area contributed by atoms with Gasteiger partial charge in [0.2, 0.25) is 5.88 Å². The second kappa shape index (κ2) is 7.36. The van der Waals surface area contributed by atoms with Crippen LogP contribution in [0.15, 0.2) is 74.1 Å². The summed E-state index contributed by atoms with van der Waals surface area (Å²) < 4.78 is 5.44. The molecule has 126 valence electrons. The van der Waals surface area contributed by atoms with Crippen molar-refractivity contribution in [2.45, 2.75) is 18.7 Å². The van der Waals surface area contributed by atoms with Crippen molar-refractivity contribution in [2.24, 2.45) is 10.2 Å². The predicted molar refractivity (Wildman–Crippen MR) is 97.1 cm³/mol. The van der Waals surface area contributed by atoms with Crippen LogP contribution in [0.1, 0.15) is 21.7 Å². The lowest BCUT2D eigenvalue weighted by Gasteiger charge is -2.03. The Kier molecular flexibility index (Phi) is 5.00. The van der Waals surface area contributed by atoms with Crippen molar-refractivity contribution in [1.82, 2.24) is 0 Å². The number of hydrogen-bond donors (Lipinski definition) is 1. The fourth-order valence-corrected chi connectivity index (χ4v) is 2.95. The van der Waals surface area contributed by atoms with Crippen LogP contribution in [0, 0.1) is 13.8 Å². The third kappa shape index (κ3) is 4.16. The highest BCUT2D eigenvalue weighted by atomic mass is 32.2. The third-order valence-electron chi connectivity index (χ3n) is 3.49. The van der Waals surface area contributed by atoms with E-state index in [-0.39, 0.29) is 22.5 Å². The van der Waals surface area contributed by atoms with Gasteiger partial charge < -0.3 is 9.52 Å². The van der Waals surface area contributed by atoms with Crippen LogP contribution in [-0.4, -0.2) is 10.2 Å². The van der Waals surface area contributed by atoms with Gasteiger partial charge in [-0.2, -0.15) is 0 Å². The summed E-state index contributed by atoms with van der Waals surface area (Å²) in [6, 6.07) is 16.0. The standard InChI is InChI=1S/C19H16N2O3S/c1-12-10-14(11-13(2)18(12)22)20-21-17-9-8-16(24-17)19(23)25-15-6-4-3-5-7-15/h3-11,22H,1-2H3/b21-20+. The number of carbonyl (C=O) groups is 1. The van der Waals surface area contributed by atoms with Crippen molar-refractivity contribution in [1.29, 1.82) is 0 Å². The van der Waals surface area contributed by atoms with Gasteiger partial charge in [0, 0.05) is 11.0 Å². The number of aromatic hydroxyl groups is 1. The number of phenols is 1. The van der Waals surface area contributed by atoms with Crippen LogP contribution >= 0.6 is 11.8 Å². The second-order valence-electron chi connectivity index (χ2n) is 5.47. The number of benzene rings is 2. The first kappa shape index (κ1) is 17.0. The molecule has 1 heterocycles. The maximum atomic E-state index is 12.2. The van der Waals surface area contributed by atoms with E-state index in [9.17, 15) is 9.90 Å². The van der Waals surface area contributed by atoms with Gasteiger partial charge in [0.25, 0.3) is 5.12 Å². The molecule has 3 rings (SSSR count). The Labute approximate surface area is 149 Å². The zero-order chi connectivity index (χ0) is 17.8. The minimum Gasteiger partial charge on any atom is -0.507 e. The highest BCUT2D eigenvalue weighted by molar-refractivity contribution is 8.14. The quantitative estimate of drug-likeness (QED) is 0.465. The number of aryl methyl sites for hydroxylation is 2. The van der Waals surface area contributed by atoms with E-state index >= 15 is 0 Å². The Balaban J connectivity index is 1.72. The summed E-state index contributed by atoms with van der Waals surface area (Å²) in [5, 5.41) is 17.7. The molecular weight excluding hydrogens is 336 g/mol. The zero-order valence-corrected chi connectivity index (χ0v) is 14.6. The molecule has 0 bridgehead atoms. The molecule has 0 amide bonds. The van der Waals surface area contributed by atoms with Gasteiger partial charge in [-0.15, -0.1) is 10.2 Å². The van der Waals surface area contributed by atoms with E-state index in [0.29, 0.717) is 5.69 Å². The van der Waals surface area contributed by atoms with Crippen molar-refractivity contribution in [3.8, 4) is 5.75 Å². The number of furan rings is 1. The molecule has 0 aliphatic rings. The molecule has 5 nitrogen and oxygen atoms in total. The lowest BCUT2D eigenvalue weighted by Crippen LogP contribution is -1.89. The van der Waals surface area contributed by atoms with E-state index in [1.165, 1.54) is 0 Å². The number of phenolic OH excluding ortho intramolecular Hbond substituents is 1. The van der Waals surface area contributed by atoms with E-state index in [1.807, 2.05) is 30.3 Å². The molecule has 0 atom stereocenters. The molecular formula is C19H16N2O3S. The monoisotopic (exact) mass is 352 g/mol. The zero-order valence-electron chi connectivity index (χ0n) is 13.8. The molecule has 3 aromatic rings. The third-order valence-corrected chi connectivity index (χ3v) is 4.38. The lowest BCUT2D eigenvalue weighted by molar-refractivity contribution is 0.106. The van der Waals surface area contributed by atoms with Gasteiger partial charge in [-0.3, -0.25) is 4.79 Å². The van der Waals surface area contributed by atoms with Crippen LogP contribution in [0.3, 0.4) is 0 Å². The van der Waals surface area contributed by atoms with E-state index < -0.39 is 0 Å². The van der Waals surface area contributed by atoms with Gasteiger partial charge in [0.1, 0.15) is 5.75 Å². The summed E-state index contributed by atoms with van der Waals surface area (Å²) in [6.45, 7) is 3.59. The first-order chi connectivity index (χ1) is 12.0. The lowest BCUT2D eigenvalue weighted by atomic mass is 10.1. The molecule has 0 unspecified atom stereocenters. The SMILES string of the molecule is Cc1cc(/N=N/c2ccc(C(=O)Sc3ccccc3)o2)cc(C)c1O. The van der Waals surface area contributed by atoms with Gasteiger partial charge in [-0.25, -0.2) is 0 Å². The number of nitrogens with zero attached hydrogens (tertiary/aromatic N) is 2. The van der Waals surface area contributed by atoms with Crippen LogP contribution in [-0.2, 0) is 0 Å². The number of hydrogen-bond acceptors (Lipinski definition) is 6. The van der Waals surface area contributed by atoms with Crippen molar-refractivity contribution >= 4 is 28.4 Å². The highest BCUT2D eigenvalue weighted by Crippen LogP contribution is 2.30. The topological polar surface area (TPSA) is 75.2 Å². The molecule has 0 aliphatic heterocycles. The highest BCUT2D eigenvalue weighted by Gasteiger charge is 2.13. The first-order valence-electron chi connectivity index (χ1n) is 7.62. The Bertz CT molecular complexity index is 910. The largest absolute Gasteiger partial charge is 0.507 e. The molecule has 0 radical (unpaired) electrons. The smallest absolute Gasteiger partial charge is 0.259 e. The maximum Gasteiger partial charge on any atom is 0.259 e. The molecule has 1 N–H and O–H groups in total. The Hall–Kier alpha value is -2.86. The van der Waals surface area contributed by atoms with Gasteiger partial charge >= 0.3 is 0 Å². The van der Waals surface area contributed by atoms with Crippen molar-refractivity contribution in [3.05, 3.63) is 71.5 Å². The fraction of sp³-hybridized carbons (Fsp3) is 0.105. The average Bonchev–Trinajstić information content (AvgIpc) is 3.08. The predicted octanol–water partition coefficient (Wildman–Crippen LogP) is 5.95. The Morgan fingerprint density at radius 2 is 1.68 bits per heavy atom. The van der Waals surface area contributed by atoms with Gasteiger partial charge in [0.05, 0.1) is 5.69 Å². The summed E-state index contributed by atoms with van der Waals surface area (Å²) in [5.74, 6) is 0.726. The second-order valence-corrected chi connectivity index (χ2v) is 6.51. The molecule has 0 saturated carbocycles. The van der Waals surface area contributed by atoms with Crippen molar-refractivity contribution in [3.63, 3.8) is 0 Å². The molecule has 2 aromatic carbocycles. The van der Waals surface area contributed by atoms with Crippen LogP contribution in [0.2, 0.25) is 0 Å². The minimum atomic E-state index is -0.191. The summed E-state index contributed by atoms with van der Waals surface area (Å²) in [7, 11) is 0. The van der Waals surface area contributed by atoms with E-state index in [1.54, 1.807) is 38.1 Å². The fourth-order valence-electron chi connectivity index (χ4n) is 2.23. The van der Waals surface area contributed by atoms with Crippen LogP contribution in [0.25, 0.3) is 0 Å². The minimum absolute atomic E-state index is 0.191. The number of azo groups is 1. The Morgan fingerprint density at radius 3 is 2.36 bits per heavy atom. The summed E-state index contributed by atoms with van der Waals surface area (Å²) >= 11 is 1.10. The molecule has 0 saturated heterocycles. The van der Waals surface area contributed by atoms with E-state index in [4.69, 9.17) is 4.42 Å². The molecule has 0 spiro atoms. The Morgan fingerprint density at radius 1 is 1.00 bits per heavy atom. The molecule has 6 heteroatoms. The van der Waals surface area contributed by atoms with E-state index in [2.05, 4.69) is 10.2 Å². The van der Waals surface area contributed by atoms with Crippen LogP contribution in [0.4, 0.5) is 11.6 Å². The van der Waals surface area contributed by atoms with E-state index in [0.717, 1.165) is 27.8 Å². The summed E-state index contributed by atoms with van der Waals surface area (Å²) in [6.07, 6.45) is 0. The van der Waals surface area contributed by atoms with Gasteiger partial charge in [-0.1, -0.05) is 18.2 Å². The first-order valence-corrected chi connectivity index (χ1v) is 8.43.